The number of benzene rings is 2. The van der Waals surface area contributed by atoms with Gasteiger partial charge in [-0.25, -0.2) is 18.8 Å². The molecule has 49 heavy (non-hydrogen) atoms. The number of halogens is 1. The average molecular weight is 688 g/mol. The van der Waals surface area contributed by atoms with Crippen molar-refractivity contribution < 1.29 is 47.8 Å². The van der Waals surface area contributed by atoms with Crippen molar-refractivity contribution in [2.45, 2.75) is 77.6 Å². The summed E-state index contributed by atoms with van der Waals surface area (Å²) in [7, 11) is 0. The van der Waals surface area contributed by atoms with E-state index in [9.17, 15) is 14.4 Å². The van der Waals surface area contributed by atoms with Gasteiger partial charge in [-0.3, -0.25) is 0 Å². The van der Waals surface area contributed by atoms with Crippen LogP contribution in [0.25, 0.3) is 0 Å². The Balaban J connectivity index is 0.000000827. The molecular weight excluding hydrogens is 637 g/mol. The lowest BCUT2D eigenvalue weighted by atomic mass is 9.80. The fourth-order valence-electron chi connectivity index (χ4n) is 6.84. The molecule has 2 aromatic carbocycles. The third-order valence-corrected chi connectivity index (χ3v) is 9.59. The quantitative estimate of drug-likeness (QED) is 0.175. The number of nitrogens with zero attached hydrogens (tertiary/aromatic N) is 3. The summed E-state index contributed by atoms with van der Waals surface area (Å²) < 4.78 is 30.9. The molecule has 3 aliphatic heterocycles. The largest absolute Gasteiger partial charge is 0.631 e. The average Bonchev–Trinajstić information content (AvgIpc) is 3.55. The number of hydrogen-bond acceptors (Lipinski definition) is 8. The number of hydroxylamine groups is 3. The van der Waals surface area contributed by atoms with Crippen LogP contribution in [0.1, 0.15) is 58.1 Å². The van der Waals surface area contributed by atoms with Crippen LogP contribution in [0.15, 0.2) is 48.5 Å². The minimum Gasteiger partial charge on any atom is -0.631 e. The highest BCUT2D eigenvalue weighted by atomic mass is 19.1. The van der Waals surface area contributed by atoms with E-state index in [1.807, 2.05) is 29.2 Å². The molecule has 3 aliphatic rings. The van der Waals surface area contributed by atoms with Gasteiger partial charge in [-0.05, 0) is 79.6 Å². The van der Waals surface area contributed by atoms with Gasteiger partial charge in [0.25, 0.3) is 0 Å². The van der Waals surface area contributed by atoms with Gasteiger partial charge in [0.15, 0.2) is 6.73 Å². The van der Waals surface area contributed by atoms with Crippen LogP contribution >= 0.6 is 0 Å². The van der Waals surface area contributed by atoms with E-state index in [1.54, 1.807) is 12.1 Å². The molecule has 5 rings (SSSR count). The molecule has 270 valence electrons. The van der Waals surface area contributed by atoms with Crippen LogP contribution in [0.5, 0.6) is 5.75 Å². The maximum atomic E-state index is 14.6. The second kappa shape index (κ2) is 16.8. The van der Waals surface area contributed by atoms with Gasteiger partial charge >= 0.3 is 18.0 Å². The number of ether oxygens (including phenoxy) is 3. The number of amides is 1. The zero-order chi connectivity index (χ0) is 35.8. The van der Waals surface area contributed by atoms with E-state index < -0.39 is 22.2 Å². The Labute approximate surface area is 287 Å². The first-order valence-corrected chi connectivity index (χ1v) is 17.0. The van der Waals surface area contributed by atoms with Crippen LogP contribution in [0.3, 0.4) is 0 Å². The minimum atomic E-state index is -1.82. The van der Waals surface area contributed by atoms with Crippen LogP contribution in [-0.4, -0.2) is 106 Å². The highest BCUT2D eigenvalue weighted by Gasteiger charge is 2.56. The van der Waals surface area contributed by atoms with Crippen molar-refractivity contribution in [3.05, 3.63) is 70.7 Å². The first-order chi connectivity index (χ1) is 23.2. The lowest BCUT2D eigenvalue weighted by molar-refractivity contribution is -0.914. The number of carboxylic acids is 2. The Morgan fingerprint density at radius 1 is 1.00 bits per heavy atom. The van der Waals surface area contributed by atoms with Gasteiger partial charge in [-0.15, -0.1) is 0 Å². The van der Waals surface area contributed by atoms with Gasteiger partial charge in [0.2, 0.25) is 0 Å². The monoisotopic (exact) mass is 687 g/mol. The van der Waals surface area contributed by atoms with Crippen molar-refractivity contribution in [1.29, 1.82) is 0 Å². The van der Waals surface area contributed by atoms with E-state index >= 15 is 0 Å². The van der Waals surface area contributed by atoms with Crippen molar-refractivity contribution in [2.75, 3.05) is 46.1 Å². The Bertz CT molecular complexity index is 1390. The van der Waals surface area contributed by atoms with E-state index in [0.29, 0.717) is 44.6 Å². The first kappa shape index (κ1) is 38.0. The van der Waals surface area contributed by atoms with Crippen molar-refractivity contribution in [3.8, 4) is 5.75 Å². The lowest BCUT2D eigenvalue weighted by Crippen LogP contribution is -2.58. The molecule has 3 heterocycles. The van der Waals surface area contributed by atoms with Gasteiger partial charge in [-0.1, -0.05) is 39.8 Å². The number of piperidine rings is 1. The molecule has 1 spiro atoms. The number of carboxylic acid groups (broad SMARTS) is 2. The van der Waals surface area contributed by atoms with Crippen LogP contribution in [0.4, 0.5) is 9.18 Å². The summed E-state index contributed by atoms with van der Waals surface area (Å²) in [5.41, 5.74) is 1.37. The van der Waals surface area contributed by atoms with Crippen LogP contribution in [0.2, 0.25) is 0 Å². The zero-order valence-corrected chi connectivity index (χ0v) is 28.9. The number of carbonyl (C=O) groups is 3. The normalized spacial score (nSPS) is 23.4. The van der Waals surface area contributed by atoms with Crippen molar-refractivity contribution in [3.63, 3.8) is 0 Å². The second-order valence-electron chi connectivity index (χ2n) is 14.0. The standard InChI is InChI=1S/C34H48FN3O5.C2H2O4/c1-25(2)22-41-30-12-8-28(9-13-30)21-38(40)24-43-34(32(38)20-27-6-10-29(35)11-7-27)14-18-36(19-15-34)16-5-17-37-31(26(3)4)23-42-33(37)39;3-1(4)2(5)6/h6-13,25-26,31-32H,5,14-24H2,1-4H3;(H,3,4)(H,5,6). The molecule has 0 aliphatic carbocycles. The minimum absolute atomic E-state index is 0.102. The van der Waals surface area contributed by atoms with Gasteiger partial charge in [0.1, 0.15) is 36.4 Å². The molecule has 0 aromatic heterocycles. The number of likely N-dealkylation sites (tertiary alicyclic amines) is 1. The van der Waals surface area contributed by atoms with Gasteiger partial charge in [0, 0.05) is 31.6 Å². The topological polar surface area (TPSA) is 149 Å². The summed E-state index contributed by atoms with van der Waals surface area (Å²) in [6.07, 6.45) is 2.74. The summed E-state index contributed by atoms with van der Waals surface area (Å²) >= 11 is 0. The van der Waals surface area contributed by atoms with Crippen LogP contribution in [0, 0.1) is 22.9 Å². The predicted octanol–water partition coefficient (Wildman–Crippen LogP) is 5.13. The van der Waals surface area contributed by atoms with E-state index in [4.69, 9.17) is 34.0 Å². The molecule has 3 unspecified atom stereocenters. The molecule has 13 heteroatoms. The number of hydrogen-bond donors (Lipinski definition) is 2. The van der Waals surface area contributed by atoms with Gasteiger partial charge < -0.3 is 44.1 Å². The number of cyclic esters (lactones) is 1. The highest BCUT2D eigenvalue weighted by Crippen LogP contribution is 2.44. The SMILES string of the molecule is CC(C)COc1ccc(C[N+]2([O-])COC3(CCN(CCCN4C(=O)OCC4C(C)C)CC3)C2Cc2ccc(F)cc2)cc1.O=C(O)C(=O)O. The molecule has 3 atom stereocenters. The fourth-order valence-corrected chi connectivity index (χ4v) is 6.84. The molecule has 2 aromatic rings. The maximum Gasteiger partial charge on any atom is 0.414 e. The zero-order valence-electron chi connectivity index (χ0n) is 28.9. The second-order valence-corrected chi connectivity index (χ2v) is 14.0. The summed E-state index contributed by atoms with van der Waals surface area (Å²) in [5.74, 6) is -2.32. The third kappa shape index (κ3) is 10.1. The molecule has 2 N–H and O–H groups in total. The molecule has 1 amide bonds. The Morgan fingerprint density at radius 3 is 2.18 bits per heavy atom. The summed E-state index contributed by atoms with van der Waals surface area (Å²) in [6.45, 7) is 13.3. The Morgan fingerprint density at radius 2 is 1.61 bits per heavy atom. The number of quaternary nitrogens is 1. The van der Waals surface area contributed by atoms with Crippen molar-refractivity contribution in [2.24, 2.45) is 11.8 Å². The fraction of sp³-hybridized carbons (Fsp3) is 0.583. The number of rotatable bonds is 12. The molecule has 3 fully saturated rings. The molecule has 0 radical (unpaired) electrons. The summed E-state index contributed by atoms with van der Waals surface area (Å²) in [4.78, 5) is 34.7. The van der Waals surface area contributed by atoms with E-state index in [1.165, 1.54) is 12.1 Å². The first-order valence-electron chi connectivity index (χ1n) is 17.0. The number of aliphatic carboxylic acids is 2. The van der Waals surface area contributed by atoms with E-state index in [2.05, 4.69) is 32.6 Å². The molecule has 12 nitrogen and oxygen atoms in total. The van der Waals surface area contributed by atoms with Crippen molar-refractivity contribution >= 4 is 18.0 Å². The smallest absolute Gasteiger partial charge is 0.414 e. The van der Waals surface area contributed by atoms with Gasteiger partial charge in [0.05, 0.1) is 12.6 Å². The Kier molecular flexibility index (Phi) is 13.0. The molecular formula is C36H50FN3O9. The van der Waals surface area contributed by atoms with Crippen LogP contribution in [-0.2, 0) is 32.0 Å². The highest BCUT2D eigenvalue weighted by molar-refractivity contribution is 6.27. The summed E-state index contributed by atoms with van der Waals surface area (Å²) in [6, 6.07) is 14.2. The van der Waals surface area contributed by atoms with Crippen LogP contribution < -0.4 is 4.74 Å². The maximum absolute atomic E-state index is 14.6. The number of carbonyl (C=O) groups excluding carboxylic acids is 1. The van der Waals surface area contributed by atoms with Crippen molar-refractivity contribution in [1.82, 2.24) is 9.80 Å². The molecule has 0 bridgehead atoms. The Hall–Kier alpha value is -3.78. The molecule has 0 saturated carbocycles. The molecule has 3 saturated heterocycles. The predicted molar refractivity (Wildman–Crippen MR) is 179 cm³/mol. The van der Waals surface area contributed by atoms with E-state index in [0.717, 1.165) is 55.8 Å². The van der Waals surface area contributed by atoms with Gasteiger partial charge in [-0.2, -0.15) is 0 Å². The third-order valence-electron chi connectivity index (χ3n) is 9.59. The lowest BCUT2D eigenvalue weighted by Gasteiger charge is -2.48. The van der Waals surface area contributed by atoms with E-state index in [-0.39, 0.29) is 30.7 Å². The summed E-state index contributed by atoms with van der Waals surface area (Å²) in [5, 5.41) is 29.4.